The van der Waals surface area contributed by atoms with Crippen LogP contribution >= 0.6 is 0 Å². The number of unbranched alkanes of at least 4 members (excludes halogenated alkanes) is 2. The number of imide groups is 1. The van der Waals surface area contributed by atoms with Crippen LogP contribution in [-0.2, 0) is 40.2 Å². The largest absolute Gasteiger partial charge is 0.392 e. The van der Waals surface area contributed by atoms with Crippen LogP contribution in [0, 0.1) is 0 Å². The first-order valence-corrected chi connectivity index (χ1v) is 13.1. The van der Waals surface area contributed by atoms with Crippen molar-refractivity contribution in [3.05, 3.63) is 42.0 Å². The second-order valence-electron chi connectivity index (χ2n) is 9.56. The highest BCUT2D eigenvalue weighted by atomic mass is 16.3. The monoisotopic (exact) mass is 572 g/mol. The molecule has 0 radical (unpaired) electrons. The Morgan fingerprint density at radius 2 is 1.41 bits per heavy atom. The number of amides is 7. The number of rotatable bonds is 16. The molecule has 0 aliphatic carbocycles. The van der Waals surface area contributed by atoms with Gasteiger partial charge in [-0.2, -0.15) is 0 Å². The minimum atomic E-state index is -1.34. The van der Waals surface area contributed by atoms with Gasteiger partial charge in [-0.1, -0.05) is 18.6 Å². The van der Waals surface area contributed by atoms with E-state index < -0.39 is 48.2 Å². The lowest BCUT2D eigenvalue weighted by atomic mass is 10.1. The number of anilines is 1. The SMILES string of the molecule is C[C@H](NC(=O)CCCCCN1C(=O)C=CC1=O)C(=O)N[C@H](C)C(=O)N[C@@H](CC(=O)Nc1ccc(CO)cc1)C(N)=O. The standard InChI is InChI=1S/C27H36N6O8/c1-16(29-21(35)6-4-3-5-13-33-23(37)11-12-24(33)38)26(40)30-17(2)27(41)32-20(25(28)39)14-22(36)31-19-9-7-18(15-34)8-10-19/h7-12,16-17,20,34H,3-6,13-15H2,1-2H3,(H2,28,39)(H,29,35)(H,30,40)(H,31,36)(H,32,41)/t16-,17+,20-/m0/s1. The molecule has 0 spiro atoms. The number of carbonyl (C=O) groups excluding carboxylic acids is 7. The number of nitrogens with one attached hydrogen (secondary N) is 4. The third kappa shape index (κ3) is 10.8. The maximum Gasteiger partial charge on any atom is 0.253 e. The zero-order chi connectivity index (χ0) is 30.5. The average molecular weight is 573 g/mol. The summed E-state index contributed by atoms with van der Waals surface area (Å²) in [6.45, 7) is 2.93. The van der Waals surface area contributed by atoms with Crippen molar-refractivity contribution >= 4 is 47.0 Å². The van der Waals surface area contributed by atoms with Gasteiger partial charge < -0.3 is 32.1 Å². The number of nitrogens with zero attached hydrogens (tertiary/aromatic N) is 1. The number of primary amides is 1. The van der Waals surface area contributed by atoms with Gasteiger partial charge in [0.1, 0.15) is 18.1 Å². The van der Waals surface area contributed by atoms with E-state index in [4.69, 9.17) is 10.8 Å². The summed E-state index contributed by atoms with van der Waals surface area (Å²) < 4.78 is 0. The van der Waals surface area contributed by atoms with E-state index >= 15 is 0 Å². The molecule has 0 aromatic heterocycles. The Morgan fingerprint density at radius 3 is 2.00 bits per heavy atom. The average Bonchev–Trinajstić information content (AvgIpc) is 3.24. The minimum Gasteiger partial charge on any atom is -0.392 e. The lowest BCUT2D eigenvalue weighted by molar-refractivity contribution is -0.137. The van der Waals surface area contributed by atoms with Crippen LogP contribution < -0.4 is 27.0 Å². The normalized spacial score (nSPS) is 14.7. The van der Waals surface area contributed by atoms with Crippen molar-refractivity contribution in [2.24, 2.45) is 5.73 Å². The third-order valence-electron chi connectivity index (χ3n) is 6.18. The molecule has 1 aromatic carbocycles. The first kappa shape index (κ1) is 32.6. The lowest BCUT2D eigenvalue weighted by Crippen LogP contribution is -2.55. The van der Waals surface area contributed by atoms with E-state index in [1.807, 2.05) is 0 Å². The van der Waals surface area contributed by atoms with Crippen molar-refractivity contribution in [2.45, 2.75) is 70.7 Å². The molecular weight excluding hydrogens is 536 g/mol. The van der Waals surface area contributed by atoms with Gasteiger partial charge >= 0.3 is 0 Å². The van der Waals surface area contributed by atoms with E-state index in [0.29, 0.717) is 30.5 Å². The van der Waals surface area contributed by atoms with E-state index in [-0.39, 0.29) is 37.3 Å². The summed E-state index contributed by atoms with van der Waals surface area (Å²) in [7, 11) is 0. The number of carbonyl (C=O) groups is 7. The molecule has 1 heterocycles. The first-order valence-electron chi connectivity index (χ1n) is 13.1. The van der Waals surface area contributed by atoms with Crippen molar-refractivity contribution in [1.29, 1.82) is 0 Å². The van der Waals surface area contributed by atoms with Gasteiger partial charge in [-0.15, -0.1) is 0 Å². The first-order chi connectivity index (χ1) is 19.4. The Bertz CT molecular complexity index is 1160. The minimum absolute atomic E-state index is 0.127. The topological polar surface area (TPSA) is 217 Å². The summed E-state index contributed by atoms with van der Waals surface area (Å²) >= 11 is 0. The van der Waals surface area contributed by atoms with Crippen LogP contribution in [0.1, 0.15) is 51.5 Å². The van der Waals surface area contributed by atoms with Crippen molar-refractivity contribution < 1.29 is 38.7 Å². The molecule has 0 saturated carbocycles. The molecule has 3 atom stereocenters. The van der Waals surface area contributed by atoms with Crippen molar-refractivity contribution in [1.82, 2.24) is 20.9 Å². The third-order valence-corrected chi connectivity index (χ3v) is 6.18. The van der Waals surface area contributed by atoms with E-state index in [1.165, 1.54) is 26.0 Å². The molecule has 14 heteroatoms. The van der Waals surface area contributed by atoms with Gasteiger partial charge in [-0.25, -0.2) is 0 Å². The molecule has 7 amide bonds. The number of hydrogen-bond donors (Lipinski definition) is 6. The number of hydrogen-bond acceptors (Lipinski definition) is 8. The van der Waals surface area contributed by atoms with Crippen molar-refractivity contribution in [3.63, 3.8) is 0 Å². The molecule has 2 rings (SSSR count). The highest BCUT2D eigenvalue weighted by Gasteiger charge is 2.26. The Labute approximate surface area is 237 Å². The van der Waals surface area contributed by atoms with Crippen LogP contribution in [0.25, 0.3) is 0 Å². The van der Waals surface area contributed by atoms with E-state index in [1.54, 1.807) is 24.3 Å². The van der Waals surface area contributed by atoms with Crippen LogP contribution in [0.4, 0.5) is 5.69 Å². The number of aliphatic hydroxyl groups is 1. The summed E-state index contributed by atoms with van der Waals surface area (Å²) in [5, 5.41) is 19.0. The molecule has 7 N–H and O–H groups in total. The Balaban J connectivity index is 1.72. The number of aliphatic hydroxyl groups excluding tert-OH is 1. The molecule has 1 aliphatic rings. The fourth-order valence-electron chi connectivity index (χ4n) is 3.78. The van der Waals surface area contributed by atoms with Gasteiger partial charge in [-0.05, 0) is 44.4 Å². The van der Waals surface area contributed by atoms with Crippen molar-refractivity contribution in [2.75, 3.05) is 11.9 Å². The molecule has 1 aromatic rings. The van der Waals surface area contributed by atoms with E-state index in [0.717, 1.165) is 4.90 Å². The van der Waals surface area contributed by atoms with Gasteiger partial charge in [0.25, 0.3) is 11.8 Å². The fourth-order valence-corrected chi connectivity index (χ4v) is 3.78. The molecule has 222 valence electrons. The molecular formula is C27H36N6O8. The van der Waals surface area contributed by atoms with Crippen LogP contribution in [0.15, 0.2) is 36.4 Å². The van der Waals surface area contributed by atoms with Gasteiger partial charge in [0.05, 0.1) is 13.0 Å². The van der Waals surface area contributed by atoms with Crippen LogP contribution in [-0.4, -0.2) is 76.0 Å². The summed E-state index contributed by atoms with van der Waals surface area (Å²) in [5.41, 5.74) is 6.41. The number of benzene rings is 1. The molecule has 1 aliphatic heterocycles. The van der Waals surface area contributed by atoms with Gasteiger partial charge in [0, 0.05) is 30.8 Å². The van der Waals surface area contributed by atoms with Gasteiger partial charge in [0.2, 0.25) is 29.5 Å². The smallest absolute Gasteiger partial charge is 0.253 e. The van der Waals surface area contributed by atoms with Crippen LogP contribution in [0.5, 0.6) is 0 Å². The van der Waals surface area contributed by atoms with Crippen LogP contribution in [0.3, 0.4) is 0 Å². The summed E-state index contributed by atoms with van der Waals surface area (Å²) in [6.07, 6.45) is 3.73. The Kier molecular flexibility index (Phi) is 12.6. The van der Waals surface area contributed by atoms with Gasteiger partial charge in [0.15, 0.2) is 0 Å². The molecule has 0 unspecified atom stereocenters. The maximum absolute atomic E-state index is 12.6. The summed E-state index contributed by atoms with van der Waals surface area (Å²) in [6, 6.07) is 2.95. The zero-order valence-corrected chi connectivity index (χ0v) is 23.0. The Morgan fingerprint density at radius 1 is 0.829 bits per heavy atom. The molecule has 41 heavy (non-hydrogen) atoms. The van der Waals surface area contributed by atoms with E-state index in [9.17, 15) is 33.6 Å². The lowest BCUT2D eigenvalue weighted by Gasteiger charge is -2.21. The zero-order valence-electron chi connectivity index (χ0n) is 23.0. The number of nitrogens with two attached hydrogens (primary N) is 1. The highest BCUT2D eigenvalue weighted by Crippen LogP contribution is 2.11. The molecule has 0 bridgehead atoms. The summed E-state index contributed by atoms with van der Waals surface area (Å²) in [5.74, 6) is -4.02. The Hall–Kier alpha value is -4.59. The van der Waals surface area contributed by atoms with E-state index in [2.05, 4.69) is 21.3 Å². The molecule has 0 fully saturated rings. The predicted octanol–water partition coefficient (Wildman–Crippen LogP) is -1.03. The summed E-state index contributed by atoms with van der Waals surface area (Å²) in [4.78, 5) is 85.5. The highest BCUT2D eigenvalue weighted by molar-refractivity contribution is 6.12. The second-order valence-corrected chi connectivity index (χ2v) is 9.56. The second kappa shape index (κ2) is 15.9. The fraction of sp³-hybridized carbons (Fsp3) is 0.444. The predicted molar refractivity (Wildman–Crippen MR) is 146 cm³/mol. The van der Waals surface area contributed by atoms with Crippen LogP contribution in [0.2, 0.25) is 0 Å². The van der Waals surface area contributed by atoms with Crippen molar-refractivity contribution in [3.8, 4) is 0 Å². The quantitative estimate of drug-likeness (QED) is 0.106. The maximum atomic E-state index is 12.6. The molecule has 14 nitrogen and oxygen atoms in total. The molecule has 0 saturated heterocycles. The van der Waals surface area contributed by atoms with Gasteiger partial charge in [-0.3, -0.25) is 38.5 Å².